The van der Waals surface area contributed by atoms with E-state index >= 15 is 0 Å². The first kappa shape index (κ1) is 15.9. The monoisotopic (exact) mass is 337 g/mol. The summed E-state index contributed by atoms with van der Waals surface area (Å²) in [6, 6.07) is 15.2. The molecular weight excluding hydrogens is 318 g/mol. The van der Waals surface area contributed by atoms with Crippen LogP contribution in [0.3, 0.4) is 0 Å². The molecule has 4 rings (SSSR count). The Bertz CT molecular complexity index is 949. The van der Waals surface area contributed by atoms with Crippen molar-refractivity contribution in [2.24, 2.45) is 0 Å². The molecule has 3 aromatic rings. The molecule has 1 aromatic heterocycles. The molecule has 1 aliphatic heterocycles. The van der Waals surface area contributed by atoms with Gasteiger partial charge in [-0.05, 0) is 29.7 Å². The highest BCUT2D eigenvalue weighted by Gasteiger charge is 2.22. The number of ether oxygens (including phenoxy) is 1. The summed E-state index contributed by atoms with van der Waals surface area (Å²) in [6.07, 6.45) is 0.683. The molecule has 0 fully saturated rings. The maximum atomic E-state index is 12.2. The van der Waals surface area contributed by atoms with Crippen molar-refractivity contribution in [3.63, 3.8) is 0 Å². The van der Waals surface area contributed by atoms with E-state index in [2.05, 4.69) is 4.90 Å². The van der Waals surface area contributed by atoms with Gasteiger partial charge in [-0.15, -0.1) is 0 Å². The number of rotatable bonds is 4. The smallest absolute Gasteiger partial charge is 0.336 e. The zero-order valence-electron chi connectivity index (χ0n) is 13.8. The topological polar surface area (TPSA) is 62.9 Å². The van der Waals surface area contributed by atoms with Crippen LogP contribution in [-0.2, 0) is 6.54 Å². The van der Waals surface area contributed by atoms with Gasteiger partial charge in [-0.1, -0.05) is 30.3 Å². The van der Waals surface area contributed by atoms with Crippen molar-refractivity contribution in [2.45, 2.75) is 13.0 Å². The molecule has 0 aliphatic carbocycles. The lowest BCUT2D eigenvalue weighted by Gasteiger charge is -2.29. The molecule has 5 heteroatoms. The highest BCUT2D eigenvalue weighted by Crippen LogP contribution is 2.35. The van der Waals surface area contributed by atoms with Gasteiger partial charge in [0.25, 0.3) is 0 Å². The number of aliphatic hydroxyl groups excluding tert-OH is 1. The Morgan fingerprint density at radius 2 is 1.96 bits per heavy atom. The third-order valence-electron chi connectivity index (χ3n) is 4.47. The molecule has 5 nitrogen and oxygen atoms in total. The van der Waals surface area contributed by atoms with Crippen LogP contribution in [0.25, 0.3) is 22.1 Å². The average molecular weight is 337 g/mol. The summed E-state index contributed by atoms with van der Waals surface area (Å²) < 4.78 is 11.4. The molecule has 1 N–H and O–H groups in total. The van der Waals surface area contributed by atoms with Crippen molar-refractivity contribution < 1.29 is 14.3 Å². The fourth-order valence-electron chi connectivity index (χ4n) is 3.27. The molecule has 0 amide bonds. The highest BCUT2D eigenvalue weighted by atomic mass is 16.5. The van der Waals surface area contributed by atoms with Gasteiger partial charge in [0.1, 0.15) is 18.1 Å². The molecule has 1 aliphatic rings. The second-order valence-corrected chi connectivity index (χ2v) is 6.17. The molecule has 2 heterocycles. The molecule has 2 aromatic carbocycles. The Hall–Kier alpha value is -2.63. The van der Waals surface area contributed by atoms with Crippen molar-refractivity contribution in [3.8, 4) is 16.9 Å². The Balaban J connectivity index is 1.85. The predicted octanol–water partition coefficient (Wildman–Crippen LogP) is 2.99. The van der Waals surface area contributed by atoms with Gasteiger partial charge in [0, 0.05) is 31.1 Å². The number of hydrogen-bond donors (Lipinski definition) is 1. The summed E-state index contributed by atoms with van der Waals surface area (Å²) in [5.41, 5.74) is 2.94. The van der Waals surface area contributed by atoms with Gasteiger partial charge >= 0.3 is 5.63 Å². The first-order chi connectivity index (χ1) is 12.3. The molecule has 0 bridgehead atoms. The van der Waals surface area contributed by atoms with Crippen molar-refractivity contribution >= 4 is 11.0 Å². The number of aliphatic hydroxyl groups is 1. The number of benzene rings is 2. The maximum Gasteiger partial charge on any atom is 0.336 e. The van der Waals surface area contributed by atoms with Gasteiger partial charge in [0.05, 0.1) is 5.56 Å². The van der Waals surface area contributed by atoms with Gasteiger partial charge in [-0.3, -0.25) is 4.90 Å². The number of nitrogens with zero attached hydrogens (tertiary/aromatic N) is 1. The standard InChI is InChI=1S/C20H19NO4/c22-10-4-9-21-12-17-18(24-13-21)8-7-15-16(11-19(23)25-20(15)17)14-5-2-1-3-6-14/h1-3,5-8,11,22H,4,9-10,12-13H2. The summed E-state index contributed by atoms with van der Waals surface area (Å²) in [6.45, 7) is 1.98. The van der Waals surface area contributed by atoms with E-state index in [-0.39, 0.29) is 12.2 Å². The average Bonchev–Trinajstić information content (AvgIpc) is 2.66. The van der Waals surface area contributed by atoms with Crippen LogP contribution in [0.2, 0.25) is 0 Å². The summed E-state index contributed by atoms with van der Waals surface area (Å²) in [4.78, 5) is 14.3. The van der Waals surface area contributed by atoms with E-state index in [1.54, 1.807) is 0 Å². The fourth-order valence-corrected chi connectivity index (χ4v) is 3.27. The lowest BCUT2D eigenvalue weighted by molar-refractivity contribution is 0.0886. The Morgan fingerprint density at radius 3 is 2.76 bits per heavy atom. The van der Waals surface area contributed by atoms with E-state index in [1.807, 2.05) is 42.5 Å². The molecule has 25 heavy (non-hydrogen) atoms. The van der Waals surface area contributed by atoms with Crippen LogP contribution in [-0.4, -0.2) is 29.9 Å². The molecule has 0 spiro atoms. The largest absolute Gasteiger partial charge is 0.478 e. The van der Waals surface area contributed by atoms with Gasteiger partial charge < -0.3 is 14.3 Å². The fraction of sp³-hybridized carbons (Fsp3) is 0.250. The lowest BCUT2D eigenvalue weighted by Crippen LogP contribution is -2.33. The van der Waals surface area contributed by atoms with E-state index in [1.165, 1.54) is 6.07 Å². The molecule has 0 saturated carbocycles. The molecule has 0 unspecified atom stereocenters. The molecule has 0 saturated heterocycles. The highest BCUT2D eigenvalue weighted by molar-refractivity contribution is 5.95. The van der Waals surface area contributed by atoms with Crippen LogP contribution >= 0.6 is 0 Å². The van der Waals surface area contributed by atoms with Gasteiger partial charge in [0.15, 0.2) is 0 Å². The predicted molar refractivity (Wildman–Crippen MR) is 95.5 cm³/mol. The Kier molecular flexibility index (Phi) is 4.26. The lowest BCUT2D eigenvalue weighted by atomic mass is 9.99. The minimum absolute atomic E-state index is 0.145. The van der Waals surface area contributed by atoms with Gasteiger partial charge in [0.2, 0.25) is 0 Å². The zero-order valence-corrected chi connectivity index (χ0v) is 13.8. The molecular formula is C20H19NO4. The number of fused-ring (bicyclic) bond motifs is 3. The van der Waals surface area contributed by atoms with Crippen molar-refractivity contribution in [3.05, 3.63) is 64.5 Å². The first-order valence-corrected chi connectivity index (χ1v) is 8.37. The van der Waals surface area contributed by atoms with Crippen LogP contribution < -0.4 is 10.4 Å². The zero-order chi connectivity index (χ0) is 17.2. The Morgan fingerprint density at radius 1 is 1.12 bits per heavy atom. The minimum atomic E-state index is -0.368. The van der Waals surface area contributed by atoms with E-state index in [0.717, 1.165) is 34.4 Å². The summed E-state index contributed by atoms with van der Waals surface area (Å²) in [7, 11) is 0. The minimum Gasteiger partial charge on any atom is -0.478 e. The quantitative estimate of drug-likeness (QED) is 0.742. The number of hydrogen-bond acceptors (Lipinski definition) is 5. The van der Waals surface area contributed by atoms with Gasteiger partial charge in [-0.25, -0.2) is 4.79 Å². The van der Waals surface area contributed by atoms with E-state index in [9.17, 15) is 4.79 Å². The van der Waals surface area contributed by atoms with Crippen molar-refractivity contribution in [1.82, 2.24) is 4.90 Å². The molecule has 128 valence electrons. The normalized spacial score (nSPS) is 14.3. The SMILES string of the molecule is O=c1cc(-c2ccccc2)c2ccc3c(c2o1)CN(CCCO)CO3. The summed E-state index contributed by atoms with van der Waals surface area (Å²) >= 11 is 0. The van der Waals surface area contributed by atoms with Crippen molar-refractivity contribution in [1.29, 1.82) is 0 Å². The summed E-state index contributed by atoms with van der Waals surface area (Å²) in [5.74, 6) is 0.751. The van der Waals surface area contributed by atoms with Gasteiger partial charge in [-0.2, -0.15) is 0 Å². The second-order valence-electron chi connectivity index (χ2n) is 6.17. The second kappa shape index (κ2) is 6.70. The van der Waals surface area contributed by atoms with Crippen molar-refractivity contribution in [2.75, 3.05) is 19.9 Å². The third kappa shape index (κ3) is 3.04. The van der Waals surface area contributed by atoms with Crippen LogP contribution in [0, 0.1) is 0 Å². The van der Waals surface area contributed by atoms with E-state index < -0.39 is 0 Å². The Labute approximate surface area is 145 Å². The first-order valence-electron chi connectivity index (χ1n) is 8.37. The van der Waals surface area contributed by atoms with E-state index in [0.29, 0.717) is 25.3 Å². The van der Waals surface area contributed by atoms with Crippen LogP contribution in [0.15, 0.2) is 57.7 Å². The van der Waals surface area contributed by atoms with Crippen LogP contribution in [0.5, 0.6) is 5.75 Å². The molecule has 0 atom stereocenters. The maximum absolute atomic E-state index is 12.2. The van der Waals surface area contributed by atoms with Crippen LogP contribution in [0.4, 0.5) is 0 Å². The van der Waals surface area contributed by atoms with E-state index in [4.69, 9.17) is 14.3 Å². The molecule has 0 radical (unpaired) electrons. The summed E-state index contributed by atoms with van der Waals surface area (Å²) in [5, 5.41) is 9.94. The third-order valence-corrected chi connectivity index (χ3v) is 4.47. The van der Waals surface area contributed by atoms with Crippen LogP contribution in [0.1, 0.15) is 12.0 Å².